The molecule has 2 heterocycles. The number of rotatable bonds is 4. The van der Waals surface area contributed by atoms with E-state index >= 15 is 0 Å². The monoisotopic (exact) mass is 540 g/mol. The SMILES string of the molecule is CN=C(NCc1ccc(C)cc1OC(C)(C)C)N1CCN(c2cnn(C)c2)C(=O)C1.I. The second kappa shape index (κ2) is 10.3. The molecule has 0 saturated carbocycles. The van der Waals surface area contributed by atoms with Gasteiger partial charge in [-0.05, 0) is 39.3 Å². The van der Waals surface area contributed by atoms with E-state index in [0.29, 0.717) is 25.6 Å². The van der Waals surface area contributed by atoms with Crippen LogP contribution >= 0.6 is 24.0 Å². The predicted octanol–water partition coefficient (Wildman–Crippen LogP) is 2.95. The molecule has 1 N–H and O–H groups in total. The summed E-state index contributed by atoms with van der Waals surface area (Å²) in [5.74, 6) is 1.60. The highest BCUT2D eigenvalue weighted by Gasteiger charge is 2.27. The van der Waals surface area contributed by atoms with Gasteiger partial charge in [-0.2, -0.15) is 5.10 Å². The van der Waals surface area contributed by atoms with Crippen LogP contribution in [0.2, 0.25) is 0 Å². The van der Waals surface area contributed by atoms with E-state index in [1.165, 1.54) is 0 Å². The van der Waals surface area contributed by atoms with E-state index in [0.717, 1.165) is 22.6 Å². The second-order valence-electron chi connectivity index (χ2n) is 8.57. The summed E-state index contributed by atoms with van der Waals surface area (Å²) in [4.78, 5) is 20.8. The van der Waals surface area contributed by atoms with Crippen LogP contribution in [0.1, 0.15) is 31.9 Å². The zero-order valence-corrected chi connectivity index (χ0v) is 21.5. The fourth-order valence-electron chi connectivity index (χ4n) is 3.41. The first-order valence-electron chi connectivity index (χ1n) is 10.2. The number of carbonyl (C=O) groups excluding carboxylic acids is 1. The lowest BCUT2D eigenvalue weighted by molar-refractivity contribution is -0.120. The number of ether oxygens (including phenoxy) is 1. The fourth-order valence-corrected chi connectivity index (χ4v) is 3.41. The molecule has 1 aromatic heterocycles. The van der Waals surface area contributed by atoms with Crippen molar-refractivity contribution in [1.82, 2.24) is 20.0 Å². The molecule has 1 aromatic carbocycles. The van der Waals surface area contributed by atoms with Gasteiger partial charge in [-0.25, -0.2) is 0 Å². The average molecular weight is 540 g/mol. The van der Waals surface area contributed by atoms with Gasteiger partial charge in [0.15, 0.2) is 5.96 Å². The molecule has 170 valence electrons. The molecule has 3 rings (SSSR count). The van der Waals surface area contributed by atoms with E-state index in [9.17, 15) is 4.79 Å². The van der Waals surface area contributed by atoms with Gasteiger partial charge in [0.2, 0.25) is 5.91 Å². The number of anilines is 1. The largest absolute Gasteiger partial charge is 0.488 e. The molecule has 1 aliphatic rings. The van der Waals surface area contributed by atoms with Crippen LogP contribution in [0.3, 0.4) is 0 Å². The standard InChI is InChI=1S/C22H32N6O2.HI/c1-16-7-8-17(19(11-16)30-22(2,3)4)12-24-21(23-5)27-9-10-28(20(29)15-27)18-13-25-26(6)14-18;/h7-8,11,13-14H,9-10,12,15H2,1-6H3,(H,23,24);1H. The third kappa shape index (κ3) is 6.59. The number of nitrogens with zero attached hydrogens (tertiary/aromatic N) is 5. The minimum absolute atomic E-state index is 0. The Balaban J connectivity index is 0.00000341. The third-order valence-corrected chi connectivity index (χ3v) is 4.81. The number of carbonyl (C=O) groups is 1. The Bertz CT molecular complexity index is 934. The average Bonchev–Trinajstić information content (AvgIpc) is 3.08. The second-order valence-corrected chi connectivity index (χ2v) is 8.57. The Kier molecular flexibility index (Phi) is 8.33. The summed E-state index contributed by atoms with van der Waals surface area (Å²) >= 11 is 0. The van der Waals surface area contributed by atoms with Crippen LogP contribution in [-0.2, 0) is 18.4 Å². The van der Waals surface area contributed by atoms with Crippen LogP contribution in [0.25, 0.3) is 0 Å². The molecule has 9 heteroatoms. The van der Waals surface area contributed by atoms with Gasteiger partial charge in [0.25, 0.3) is 0 Å². The van der Waals surface area contributed by atoms with E-state index < -0.39 is 0 Å². The number of nitrogens with one attached hydrogen (secondary N) is 1. The van der Waals surface area contributed by atoms with Gasteiger partial charge in [0.05, 0.1) is 11.9 Å². The quantitative estimate of drug-likeness (QED) is 0.367. The number of piperazine rings is 1. The van der Waals surface area contributed by atoms with Gasteiger partial charge in [0, 0.05) is 45.5 Å². The number of hydrogen-bond acceptors (Lipinski definition) is 4. The van der Waals surface area contributed by atoms with E-state index in [2.05, 4.69) is 40.5 Å². The summed E-state index contributed by atoms with van der Waals surface area (Å²) in [6.45, 7) is 10.3. The Labute approximate surface area is 201 Å². The minimum atomic E-state index is -0.279. The lowest BCUT2D eigenvalue weighted by Crippen LogP contribution is -2.55. The maximum atomic E-state index is 12.7. The lowest BCUT2D eigenvalue weighted by Gasteiger charge is -2.35. The summed E-state index contributed by atoms with van der Waals surface area (Å²) in [6.07, 6.45) is 3.57. The molecule has 0 atom stereocenters. The smallest absolute Gasteiger partial charge is 0.246 e. The van der Waals surface area contributed by atoms with E-state index in [4.69, 9.17) is 4.74 Å². The number of guanidine groups is 1. The first-order chi connectivity index (χ1) is 14.2. The maximum absolute atomic E-state index is 12.7. The molecular weight excluding hydrogens is 507 g/mol. The zero-order valence-electron chi connectivity index (χ0n) is 19.2. The van der Waals surface area contributed by atoms with Crippen LogP contribution in [0, 0.1) is 6.92 Å². The van der Waals surface area contributed by atoms with Crippen molar-refractivity contribution in [2.75, 3.05) is 31.6 Å². The summed E-state index contributed by atoms with van der Waals surface area (Å²) in [7, 11) is 3.58. The number of aryl methyl sites for hydroxylation is 2. The molecule has 0 bridgehead atoms. The number of halogens is 1. The minimum Gasteiger partial charge on any atom is -0.488 e. The van der Waals surface area contributed by atoms with Gasteiger partial charge in [-0.1, -0.05) is 12.1 Å². The molecular formula is C22H33IN6O2. The molecule has 0 aliphatic carbocycles. The maximum Gasteiger partial charge on any atom is 0.246 e. The number of hydrogen-bond donors (Lipinski definition) is 1. The summed E-state index contributed by atoms with van der Waals surface area (Å²) in [5, 5.41) is 7.55. The molecule has 1 saturated heterocycles. The fraction of sp³-hybridized carbons (Fsp3) is 0.500. The van der Waals surface area contributed by atoms with Crippen molar-refractivity contribution in [3.8, 4) is 5.75 Å². The summed E-state index contributed by atoms with van der Waals surface area (Å²) in [6, 6.07) is 6.20. The van der Waals surface area contributed by atoms with E-state index in [1.54, 1.807) is 22.8 Å². The van der Waals surface area contributed by atoms with Gasteiger partial charge in [0.1, 0.15) is 17.9 Å². The molecule has 0 radical (unpaired) electrons. The highest BCUT2D eigenvalue weighted by molar-refractivity contribution is 14.0. The zero-order chi connectivity index (χ0) is 21.9. The third-order valence-electron chi connectivity index (χ3n) is 4.81. The first kappa shape index (κ1) is 25.0. The highest BCUT2D eigenvalue weighted by atomic mass is 127. The molecule has 2 aromatic rings. The lowest BCUT2D eigenvalue weighted by atomic mass is 10.1. The molecule has 31 heavy (non-hydrogen) atoms. The first-order valence-corrected chi connectivity index (χ1v) is 10.2. The van der Waals surface area contributed by atoms with Crippen molar-refractivity contribution in [3.63, 3.8) is 0 Å². The Hall–Kier alpha value is -2.30. The van der Waals surface area contributed by atoms with Crippen molar-refractivity contribution < 1.29 is 9.53 Å². The number of benzene rings is 1. The van der Waals surface area contributed by atoms with Crippen molar-refractivity contribution >= 4 is 41.5 Å². The van der Waals surface area contributed by atoms with Crippen molar-refractivity contribution in [2.24, 2.45) is 12.0 Å². The number of aliphatic imine (C=N–C) groups is 1. The summed E-state index contributed by atoms with van der Waals surface area (Å²) < 4.78 is 7.85. The van der Waals surface area contributed by atoms with Crippen molar-refractivity contribution in [3.05, 3.63) is 41.7 Å². The van der Waals surface area contributed by atoms with Gasteiger partial charge >= 0.3 is 0 Å². The highest BCUT2D eigenvalue weighted by Crippen LogP contribution is 2.25. The molecule has 0 spiro atoms. The Morgan fingerprint density at radius 3 is 2.61 bits per heavy atom. The Morgan fingerprint density at radius 2 is 2.03 bits per heavy atom. The number of aromatic nitrogens is 2. The topological polar surface area (TPSA) is 75.0 Å². The van der Waals surface area contributed by atoms with Crippen molar-refractivity contribution in [1.29, 1.82) is 0 Å². The number of amides is 1. The Morgan fingerprint density at radius 1 is 1.29 bits per heavy atom. The molecule has 1 amide bonds. The summed E-state index contributed by atoms with van der Waals surface area (Å²) in [5.41, 5.74) is 2.75. The van der Waals surface area contributed by atoms with Gasteiger partial charge in [-0.15, -0.1) is 24.0 Å². The molecule has 0 unspecified atom stereocenters. The molecule has 1 aliphatic heterocycles. The molecule has 1 fully saturated rings. The van der Waals surface area contributed by atoms with Crippen LogP contribution in [0.5, 0.6) is 5.75 Å². The van der Waals surface area contributed by atoms with E-state index in [-0.39, 0.29) is 42.0 Å². The van der Waals surface area contributed by atoms with Crippen LogP contribution < -0.4 is 15.0 Å². The van der Waals surface area contributed by atoms with Crippen LogP contribution in [0.15, 0.2) is 35.6 Å². The predicted molar refractivity (Wildman–Crippen MR) is 134 cm³/mol. The van der Waals surface area contributed by atoms with Crippen LogP contribution in [-0.4, -0.2) is 58.8 Å². The van der Waals surface area contributed by atoms with Crippen LogP contribution in [0.4, 0.5) is 5.69 Å². The van der Waals surface area contributed by atoms with Crippen molar-refractivity contribution in [2.45, 2.75) is 39.8 Å². The van der Waals surface area contributed by atoms with E-state index in [1.807, 2.05) is 38.9 Å². The normalized spacial score (nSPS) is 15.0. The van der Waals surface area contributed by atoms with Gasteiger partial charge < -0.3 is 19.9 Å². The molecule has 8 nitrogen and oxygen atoms in total. The van der Waals surface area contributed by atoms with Gasteiger partial charge in [-0.3, -0.25) is 14.5 Å².